The highest BCUT2D eigenvalue weighted by molar-refractivity contribution is 6.03. The minimum atomic E-state index is -4.65. The summed E-state index contributed by atoms with van der Waals surface area (Å²) < 4.78 is 51.3. The van der Waals surface area contributed by atoms with E-state index in [-0.39, 0.29) is 33.8 Å². The van der Waals surface area contributed by atoms with E-state index in [1.807, 2.05) is 0 Å². The molecule has 1 aliphatic rings. The zero-order chi connectivity index (χ0) is 25.5. The number of aromatic carboxylic acids is 1. The molecule has 35 heavy (non-hydrogen) atoms. The Morgan fingerprint density at radius 3 is 2.40 bits per heavy atom. The Labute approximate surface area is 198 Å². The van der Waals surface area contributed by atoms with Crippen molar-refractivity contribution in [2.75, 3.05) is 13.1 Å². The molecule has 0 spiro atoms. The second-order valence-electron chi connectivity index (χ2n) is 9.39. The van der Waals surface area contributed by atoms with Crippen LogP contribution in [-0.2, 0) is 10.9 Å². The summed E-state index contributed by atoms with van der Waals surface area (Å²) in [6.45, 7) is 6.09. The highest BCUT2D eigenvalue weighted by Crippen LogP contribution is 2.39. The summed E-state index contributed by atoms with van der Waals surface area (Å²) in [5, 5.41) is 14.1. The van der Waals surface area contributed by atoms with E-state index in [9.17, 15) is 27.9 Å². The van der Waals surface area contributed by atoms with Gasteiger partial charge in [0.05, 0.1) is 27.9 Å². The molecule has 0 aliphatic carbocycles. The van der Waals surface area contributed by atoms with Crippen LogP contribution in [0.1, 0.15) is 61.1 Å². The second-order valence-corrected chi connectivity index (χ2v) is 9.39. The van der Waals surface area contributed by atoms with Gasteiger partial charge in [-0.1, -0.05) is 23.4 Å². The predicted molar refractivity (Wildman–Crippen MR) is 119 cm³/mol. The number of pyridine rings is 1. The molecular weight excluding hydrogens is 467 g/mol. The number of carbonyl (C=O) groups is 2. The fourth-order valence-electron chi connectivity index (χ4n) is 4.17. The predicted octanol–water partition coefficient (Wildman–Crippen LogP) is 5.72. The fraction of sp³-hybridized carbons (Fsp3) is 0.417. The number of hydrogen-bond donors (Lipinski definition) is 1. The number of rotatable bonds is 3. The van der Waals surface area contributed by atoms with Crippen LogP contribution in [0.5, 0.6) is 0 Å². The Balaban J connectivity index is 1.67. The molecule has 1 amide bonds. The first-order chi connectivity index (χ1) is 16.3. The quantitative estimate of drug-likeness (QED) is 0.499. The van der Waals surface area contributed by atoms with Gasteiger partial charge < -0.3 is 19.3 Å². The molecule has 1 aromatic carbocycles. The number of carboxylic acids is 1. The molecule has 1 N–H and O–H groups in total. The van der Waals surface area contributed by atoms with Gasteiger partial charge in [0.1, 0.15) is 5.60 Å². The van der Waals surface area contributed by atoms with Crippen LogP contribution >= 0.6 is 0 Å². The maximum atomic E-state index is 13.5. The van der Waals surface area contributed by atoms with Crippen molar-refractivity contribution < 1.29 is 37.1 Å². The van der Waals surface area contributed by atoms with Crippen LogP contribution in [0.15, 0.2) is 34.9 Å². The number of fused-ring (bicyclic) bond motifs is 1. The number of alkyl halides is 3. The number of aromatic nitrogens is 2. The molecule has 4 rings (SSSR count). The lowest BCUT2D eigenvalue weighted by Crippen LogP contribution is -2.41. The number of carboxylic acid groups (broad SMARTS) is 1. The van der Waals surface area contributed by atoms with Gasteiger partial charge in [0.25, 0.3) is 5.71 Å². The number of piperidine rings is 1. The van der Waals surface area contributed by atoms with Gasteiger partial charge in [-0.25, -0.2) is 14.6 Å². The molecule has 1 fully saturated rings. The van der Waals surface area contributed by atoms with Gasteiger partial charge in [0, 0.05) is 24.6 Å². The van der Waals surface area contributed by atoms with Gasteiger partial charge in [-0.15, -0.1) is 0 Å². The minimum Gasteiger partial charge on any atom is -0.478 e. The molecule has 186 valence electrons. The summed E-state index contributed by atoms with van der Waals surface area (Å²) in [4.78, 5) is 30.2. The highest BCUT2D eigenvalue weighted by Gasteiger charge is 2.35. The van der Waals surface area contributed by atoms with Crippen LogP contribution in [0.4, 0.5) is 18.0 Å². The number of likely N-dealkylation sites (tertiary alicyclic amines) is 1. The molecule has 0 bridgehead atoms. The zero-order valence-corrected chi connectivity index (χ0v) is 19.3. The van der Waals surface area contributed by atoms with Gasteiger partial charge in [-0.2, -0.15) is 13.2 Å². The summed E-state index contributed by atoms with van der Waals surface area (Å²) in [5.41, 5.74) is -2.02. The molecule has 0 unspecified atom stereocenters. The van der Waals surface area contributed by atoms with E-state index in [2.05, 4.69) is 10.1 Å². The molecular formula is C24H24F3N3O5. The molecule has 3 heterocycles. The van der Waals surface area contributed by atoms with Crippen LogP contribution in [0.3, 0.4) is 0 Å². The van der Waals surface area contributed by atoms with Gasteiger partial charge in [-0.05, 0) is 45.7 Å². The minimum absolute atomic E-state index is 0.151. The van der Waals surface area contributed by atoms with Crippen molar-refractivity contribution in [2.24, 2.45) is 0 Å². The van der Waals surface area contributed by atoms with Crippen molar-refractivity contribution in [2.45, 2.75) is 51.3 Å². The Morgan fingerprint density at radius 2 is 1.80 bits per heavy atom. The molecule has 3 aromatic rings. The van der Waals surface area contributed by atoms with Crippen molar-refractivity contribution in [1.29, 1.82) is 0 Å². The fourth-order valence-corrected chi connectivity index (χ4v) is 4.17. The summed E-state index contributed by atoms with van der Waals surface area (Å²) in [5.74, 6) is -1.55. The van der Waals surface area contributed by atoms with E-state index in [0.29, 0.717) is 31.6 Å². The monoisotopic (exact) mass is 491 g/mol. The Hall–Kier alpha value is -3.63. The molecule has 1 aliphatic heterocycles. The zero-order valence-electron chi connectivity index (χ0n) is 19.3. The van der Waals surface area contributed by atoms with Crippen molar-refractivity contribution in [3.63, 3.8) is 0 Å². The van der Waals surface area contributed by atoms with Crippen molar-refractivity contribution in [3.8, 4) is 11.3 Å². The lowest BCUT2D eigenvalue weighted by molar-refractivity contribution is -0.137. The largest absolute Gasteiger partial charge is 0.478 e. The number of amides is 1. The number of benzene rings is 1. The van der Waals surface area contributed by atoms with Gasteiger partial charge in [0.15, 0.2) is 0 Å². The molecule has 0 saturated carbocycles. The number of ether oxygens (including phenoxy) is 1. The SMILES string of the molecule is CC(C)(C)OC(=O)N1CCC(c2noc3nc(-c4ccccc4C(F)(F)F)cc(C(=O)O)c23)CC1. The summed E-state index contributed by atoms with van der Waals surface area (Å²) in [6, 6.07) is 5.92. The summed E-state index contributed by atoms with van der Waals surface area (Å²) >= 11 is 0. The Bertz CT molecular complexity index is 1270. The van der Waals surface area contributed by atoms with Crippen LogP contribution in [-0.4, -0.2) is 50.9 Å². The highest BCUT2D eigenvalue weighted by atomic mass is 19.4. The number of halogens is 3. The van der Waals surface area contributed by atoms with Gasteiger partial charge >= 0.3 is 18.2 Å². The van der Waals surface area contributed by atoms with Crippen molar-refractivity contribution in [1.82, 2.24) is 15.0 Å². The maximum Gasteiger partial charge on any atom is 0.417 e. The Kier molecular flexibility index (Phi) is 6.20. The van der Waals surface area contributed by atoms with Crippen LogP contribution in [0, 0.1) is 0 Å². The topological polar surface area (TPSA) is 106 Å². The van der Waals surface area contributed by atoms with E-state index in [0.717, 1.165) is 12.1 Å². The van der Waals surface area contributed by atoms with Crippen LogP contribution < -0.4 is 0 Å². The number of carbonyl (C=O) groups excluding carboxylic acids is 1. The van der Waals surface area contributed by atoms with E-state index in [4.69, 9.17) is 9.26 Å². The second kappa shape index (κ2) is 8.86. The third kappa shape index (κ3) is 5.08. The lowest BCUT2D eigenvalue weighted by atomic mass is 9.90. The van der Waals surface area contributed by atoms with Crippen molar-refractivity contribution in [3.05, 3.63) is 47.2 Å². The standard InChI is InChI=1S/C24H24F3N3O5/c1-23(2,3)34-22(33)30-10-8-13(9-11-30)19-18-15(21(31)32)12-17(28-20(18)35-29-19)14-6-4-5-7-16(14)24(25,26)27/h4-7,12-13H,8-11H2,1-3H3,(H,31,32). The molecule has 8 nitrogen and oxygen atoms in total. The number of hydrogen-bond acceptors (Lipinski definition) is 6. The third-order valence-electron chi connectivity index (χ3n) is 5.75. The molecule has 0 radical (unpaired) electrons. The first-order valence-corrected chi connectivity index (χ1v) is 11.0. The molecule has 0 atom stereocenters. The average Bonchev–Trinajstić information content (AvgIpc) is 3.20. The Morgan fingerprint density at radius 1 is 1.14 bits per heavy atom. The van der Waals surface area contributed by atoms with Crippen LogP contribution in [0.25, 0.3) is 22.4 Å². The van der Waals surface area contributed by atoms with Crippen LogP contribution in [0.2, 0.25) is 0 Å². The normalized spacial score (nSPS) is 15.4. The maximum absolute atomic E-state index is 13.5. The molecule has 1 saturated heterocycles. The third-order valence-corrected chi connectivity index (χ3v) is 5.75. The first kappa shape index (κ1) is 24.5. The smallest absolute Gasteiger partial charge is 0.417 e. The number of nitrogens with zero attached hydrogens (tertiary/aromatic N) is 3. The summed E-state index contributed by atoms with van der Waals surface area (Å²) in [7, 11) is 0. The van der Waals surface area contributed by atoms with Gasteiger partial charge in [-0.3, -0.25) is 0 Å². The first-order valence-electron chi connectivity index (χ1n) is 11.0. The van der Waals surface area contributed by atoms with E-state index in [1.165, 1.54) is 18.2 Å². The lowest BCUT2D eigenvalue weighted by Gasteiger charge is -2.32. The van der Waals surface area contributed by atoms with E-state index in [1.54, 1.807) is 25.7 Å². The summed E-state index contributed by atoms with van der Waals surface area (Å²) in [6.07, 6.45) is -4.11. The van der Waals surface area contributed by atoms with Crippen molar-refractivity contribution >= 4 is 23.2 Å². The van der Waals surface area contributed by atoms with E-state index >= 15 is 0 Å². The van der Waals surface area contributed by atoms with Gasteiger partial charge in [0.2, 0.25) is 0 Å². The van der Waals surface area contributed by atoms with E-state index < -0.39 is 29.4 Å². The molecule has 11 heteroatoms. The average molecular weight is 491 g/mol. The molecule has 2 aromatic heterocycles.